The lowest BCUT2D eigenvalue weighted by atomic mass is 9.97. The van der Waals surface area contributed by atoms with E-state index in [1.54, 1.807) is 12.1 Å². The first-order valence-corrected chi connectivity index (χ1v) is 13.1. The van der Waals surface area contributed by atoms with E-state index in [-0.39, 0.29) is 29.4 Å². The number of hydrogen-bond donors (Lipinski definition) is 1. The smallest absolute Gasteiger partial charge is 0.243 e. The van der Waals surface area contributed by atoms with Crippen molar-refractivity contribution in [3.05, 3.63) is 29.3 Å². The third kappa shape index (κ3) is 3.97. The molecule has 1 aromatic carbocycles. The molecule has 2 aliphatic heterocycles. The SMILES string of the molecule is O=C(N[C@@H]1CCS(=O)(=O)C1)C1CCN(S(=O)(=O)c2ccc3c(c2)CCC3)CC1. The lowest BCUT2D eigenvalue weighted by Crippen LogP contribution is -2.45. The Morgan fingerprint density at radius 1 is 1.07 bits per heavy atom. The number of hydrogen-bond acceptors (Lipinski definition) is 5. The van der Waals surface area contributed by atoms with Crippen molar-refractivity contribution < 1.29 is 21.6 Å². The summed E-state index contributed by atoms with van der Waals surface area (Å²) in [4.78, 5) is 12.8. The highest BCUT2D eigenvalue weighted by Crippen LogP contribution is 2.28. The number of amides is 1. The van der Waals surface area contributed by atoms with Crippen LogP contribution in [0.4, 0.5) is 0 Å². The molecule has 0 aromatic heterocycles. The molecule has 1 aromatic rings. The maximum absolute atomic E-state index is 13.0. The number of rotatable bonds is 4. The van der Waals surface area contributed by atoms with Crippen molar-refractivity contribution in [3.63, 3.8) is 0 Å². The van der Waals surface area contributed by atoms with Crippen molar-refractivity contribution in [2.45, 2.75) is 49.5 Å². The van der Waals surface area contributed by atoms with Crippen molar-refractivity contribution in [1.82, 2.24) is 9.62 Å². The van der Waals surface area contributed by atoms with Gasteiger partial charge in [0.2, 0.25) is 15.9 Å². The van der Waals surface area contributed by atoms with Crippen molar-refractivity contribution in [1.29, 1.82) is 0 Å². The van der Waals surface area contributed by atoms with Crippen LogP contribution in [0, 0.1) is 5.92 Å². The summed E-state index contributed by atoms with van der Waals surface area (Å²) in [6.07, 6.45) is 4.38. The van der Waals surface area contributed by atoms with Gasteiger partial charge in [0.1, 0.15) is 0 Å². The molecule has 0 radical (unpaired) electrons. The Morgan fingerprint density at radius 3 is 2.46 bits per heavy atom. The minimum absolute atomic E-state index is 0.00426. The van der Waals surface area contributed by atoms with Gasteiger partial charge in [-0.25, -0.2) is 16.8 Å². The van der Waals surface area contributed by atoms with Gasteiger partial charge in [-0.1, -0.05) is 6.07 Å². The molecular weight excluding hydrogens is 400 g/mol. The van der Waals surface area contributed by atoms with E-state index in [4.69, 9.17) is 0 Å². The Balaban J connectivity index is 1.36. The highest BCUT2D eigenvalue weighted by atomic mass is 32.2. The molecule has 28 heavy (non-hydrogen) atoms. The number of nitrogens with zero attached hydrogens (tertiary/aromatic N) is 1. The summed E-state index contributed by atoms with van der Waals surface area (Å²) in [5, 5.41) is 2.83. The molecule has 1 atom stereocenters. The molecule has 154 valence electrons. The molecule has 2 heterocycles. The Bertz CT molecular complexity index is 980. The largest absolute Gasteiger partial charge is 0.352 e. The summed E-state index contributed by atoms with van der Waals surface area (Å²) in [5.41, 5.74) is 2.37. The van der Waals surface area contributed by atoms with Gasteiger partial charge >= 0.3 is 0 Å². The van der Waals surface area contributed by atoms with Crippen LogP contribution >= 0.6 is 0 Å². The Kier molecular flexibility index (Phi) is 5.26. The summed E-state index contributed by atoms with van der Waals surface area (Å²) >= 11 is 0. The quantitative estimate of drug-likeness (QED) is 0.770. The molecular formula is C19H26N2O5S2. The first kappa shape index (κ1) is 19.8. The second kappa shape index (κ2) is 7.42. The van der Waals surface area contributed by atoms with Gasteiger partial charge in [-0.05, 0) is 61.8 Å². The van der Waals surface area contributed by atoms with E-state index in [0.717, 1.165) is 24.8 Å². The van der Waals surface area contributed by atoms with Crippen molar-refractivity contribution in [2.24, 2.45) is 5.92 Å². The maximum atomic E-state index is 13.0. The minimum atomic E-state index is -3.55. The zero-order valence-electron chi connectivity index (χ0n) is 15.8. The van der Waals surface area contributed by atoms with Gasteiger partial charge in [-0.2, -0.15) is 4.31 Å². The highest BCUT2D eigenvalue weighted by molar-refractivity contribution is 7.91. The zero-order chi connectivity index (χ0) is 19.9. The average molecular weight is 427 g/mol. The van der Waals surface area contributed by atoms with Crippen LogP contribution in [-0.2, 0) is 37.5 Å². The fraction of sp³-hybridized carbons (Fsp3) is 0.632. The first-order chi connectivity index (χ1) is 13.2. The molecule has 9 heteroatoms. The molecule has 0 saturated carbocycles. The number of carbonyl (C=O) groups excluding carboxylic acids is 1. The lowest BCUT2D eigenvalue weighted by Gasteiger charge is -2.31. The van der Waals surface area contributed by atoms with E-state index >= 15 is 0 Å². The number of fused-ring (bicyclic) bond motifs is 1. The fourth-order valence-corrected chi connectivity index (χ4v) is 7.64. The Hall–Kier alpha value is -1.45. The van der Waals surface area contributed by atoms with Gasteiger partial charge < -0.3 is 5.32 Å². The van der Waals surface area contributed by atoms with Crippen molar-refractivity contribution in [2.75, 3.05) is 24.6 Å². The summed E-state index contributed by atoms with van der Waals surface area (Å²) in [7, 11) is -6.59. The third-order valence-electron chi connectivity index (χ3n) is 6.11. The van der Waals surface area contributed by atoms with Gasteiger partial charge in [0, 0.05) is 25.0 Å². The van der Waals surface area contributed by atoms with Gasteiger partial charge in [0.25, 0.3) is 0 Å². The van der Waals surface area contributed by atoms with Crippen molar-refractivity contribution in [3.8, 4) is 0 Å². The number of nitrogens with one attached hydrogen (secondary N) is 1. The monoisotopic (exact) mass is 426 g/mol. The molecule has 0 spiro atoms. The zero-order valence-corrected chi connectivity index (χ0v) is 17.4. The van der Waals surface area contributed by atoms with Gasteiger partial charge in [0.05, 0.1) is 16.4 Å². The lowest BCUT2D eigenvalue weighted by molar-refractivity contribution is -0.126. The standard InChI is InChI=1S/C19H26N2O5S2/c22-19(20-17-8-11-27(23,24)13-17)15-6-9-21(10-7-15)28(25,26)18-5-4-14-2-1-3-16(14)12-18/h4-5,12,15,17H,1-3,6-11,13H2,(H,20,22)/t17-/m1/s1. The van der Waals surface area contributed by atoms with Crippen LogP contribution in [0.5, 0.6) is 0 Å². The van der Waals surface area contributed by atoms with Crippen LogP contribution in [0.1, 0.15) is 36.8 Å². The number of piperidine rings is 1. The highest BCUT2D eigenvalue weighted by Gasteiger charge is 2.35. The van der Waals surface area contributed by atoms with E-state index in [0.29, 0.717) is 37.2 Å². The summed E-state index contributed by atoms with van der Waals surface area (Å²) in [6.45, 7) is 0.612. The summed E-state index contributed by atoms with van der Waals surface area (Å²) in [6, 6.07) is 5.10. The number of sulfonamides is 1. The third-order valence-corrected chi connectivity index (χ3v) is 9.77. The van der Waals surface area contributed by atoms with Crippen LogP contribution in [-0.4, -0.2) is 57.7 Å². The first-order valence-electron chi connectivity index (χ1n) is 9.87. The van der Waals surface area contributed by atoms with Crippen LogP contribution in [0.15, 0.2) is 23.1 Å². The molecule has 7 nitrogen and oxygen atoms in total. The van der Waals surface area contributed by atoms with Crippen molar-refractivity contribution >= 4 is 25.8 Å². The second-order valence-electron chi connectivity index (χ2n) is 8.07. The number of aryl methyl sites for hydroxylation is 2. The van der Waals surface area contributed by atoms with E-state index in [2.05, 4.69) is 5.32 Å². The van der Waals surface area contributed by atoms with Gasteiger partial charge in [-0.3, -0.25) is 4.79 Å². The molecule has 4 rings (SSSR count). The van der Waals surface area contributed by atoms with E-state index in [9.17, 15) is 21.6 Å². The van der Waals surface area contributed by atoms with Crippen LogP contribution in [0.2, 0.25) is 0 Å². The topological polar surface area (TPSA) is 101 Å². The molecule has 2 fully saturated rings. The summed E-state index contributed by atoms with van der Waals surface area (Å²) < 4.78 is 50.5. The molecule has 1 N–H and O–H groups in total. The number of sulfone groups is 1. The van der Waals surface area contributed by atoms with Gasteiger partial charge in [-0.15, -0.1) is 0 Å². The van der Waals surface area contributed by atoms with Gasteiger partial charge in [0.15, 0.2) is 9.84 Å². The summed E-state index contributed by atoms with van der Waals surface area (Å²) in [5.74, 6) is -0.300. The van der Waals surface area contributed by atoms with E-state index < -0.39 is 19.9 Å². The van der Waals surface area contributed by atoms with Crippen LogP contribution in [0.25, 0.3) is 0 Å². The van der Waals surface area contributed by atoms with E-state index in [1.807, 2.05) is 6.07 Å². The van der Waals surface area contributed by atoms with E-state index in [1.165, 1.54) is 9.87 Å². The number of benzene rings is 1. The molecule has 2 saturated heterocycles. The molecule has 1 amide bonds. The van der Waals surface area contributed by atoms with Crippen LogP contribution < -0.4 is 5.32 Å². The second-order valence-corrected chi connectivity index (χ2v) is 12.2. The maximum Gasteiger partial charge on any atom is 0.243 e. The molecule has 0 unspecified atom stereocenters. The molecule has 1 aliphatic carbocycles. The Labute approximate surface area is 166 Å². The number of carbonyl (C=O) groups is 1. The normalized spacial score (nSPS) is 25.5. The average Bonchev–Trinajstić information content (AvgIpc) is 3.26. The fourth-order valence-electron chi connectivity index (χ4n) is 4.44. The Morgan fingerprint density at radius 2 is 1.79 bits per heavy atom. The molecule has 0 bridgehead atoms. The molecule has 3 aliphatic rings. The predicted molar refractivity (Wildman–Crippen MR) is 105 cm³/mol. The predicted octanol–water partition coefficient (Wildman–Crippen LogP) is 0.879. The van der Waals surface area contributed by atoms with Crippen LogP contribution in [0.3, 0.4) is 0 Å². The minimum Gasteiger partial charge on any atom is -0.352 e.